The Morgan fingerprint density at radius 1 is 1.19 bits per heavy atom. The summed E-state index contributed by atoms with van der Waals surface area (Å²) < 4.78 is 10.1. The quantitative estimate of drug-likeness (QED) is 0.540. The molecule has 1 rings (SSSR count). The van der Waals surface area contributed by atoms with E-state index in [1.807, 2.05) is 12.1 Å². The summed E-state index contributed by atoms with van der Waals surface area (Å²) in [5, 5.41) is 12.4. The summed E-state index contributed by atoms with van der Waals surface area (Å²) in [6.45, 7) is 1.53. The summed E-state index contributed by atoms with van der Waals surface area (Å²) in [4.78, 5) is 0. The highest BCUT2D eigenvalue weighted by Crippen LogP contribution is 2.09. The van der Waals surface area contributed by atoms with Gasteiger partial charge in [-0.25, -0.2) is 0 Å². The first-order valence-electron chi connectivity index (χ1n) is 5.30. The van der Waals surface area contributed by atoms with E-state index in [9.17, 15) is 0 Å². The molecule has 0 aliphatic rings. The van der Waals surface area contributed by atoms with Crippen molar-refractivity contribution in [2.75, 3.05) is 27.3 Å². The summed E-state index contributed by atoms with van der Waals surface area (Å²) in [6, 6.07) is 7.23. The fourth-order valence-electron chi connectivity index (χ4n) is 1.38. The van der Waals surface area contributed by atoms with Gasteiger partial charge < -0.3 is 19.9 Å². The molecule has 0 aliphatic carbocycles. The van der Waals surface area contributed by atoms with Crippen molar-refractivity contribution in [3.05, 3.63) is 29.8 Å². The van der Waals surface area contributed by atoms with Crippen LogP contribution in [0.4, 0.5) is 0 Å². The van der Waals surface area contributed by atoms with E-state index in [0.717, 1.165) is 13.0 Å². The van der Waals surface area contributed by atoms with Crippen LogP contribution < -0.4 is 5.32 Å². The fourth-order valence-corrected chi connectivity index (χ4v) is 1.38. The normalized spacial score (nSPS) is 10.9. The number of hydrogen-bond acceptors (Lipinski definition) is 4. The Balaban J connectivity index is 2.18. The van der Waals surface area contributed by atoms with Gasteiger partial charge in [0, 0.05) is 20.8 Å². The molecule has 0 saturated heterocycles. The predicted octanol–water partition coefficient (Wildman–Crippen LogP) is 1.14. The molecule has 0 heterocycles. The molecule has 1 aromatic rings. The molecule has 0 unspecified atom stereocenters. The van der Waals surface area contributed by atoms with Crippen molar-refractivity contribution in [1.29, 1.82) is 0 Å². The van der Waals surface area contributed by atoms with E-state index >= 15 is 0 Å². The number of benzene rings is 1. The molecular weight excluding hydrogens is 206 g/mol. The Morgan fingerprint density at radius 2 is 1.81 bits per heavy atom. The molecule has 90 valence electrons. The second-order valence-corrected chi connectivity index (χ2v) is 3.52. The van der Waals surface area contributed by atoms with Gasteiger partial charge in [0.1, 0.15) is 5.75 Å². The maximum atomic E-state index is 9.12. The van der Waals surface area contributed by atoms with Crippen LogP contribution in [0, 0.1) is 0 Å². The van der Waals surface area contributed by atoms with Crippen molar-refractivity contribution in [1.82, 2.24) is 5.32 Å². The first-order chi connectivity index (χ1) is 7.76. The minimum atomic E-state index is -0.195. The fraction of sp³-hybridized carbons (Fsp3) is 0.500. The molecule has 0 aromatic heterocycles. The summed E-state index contributed by atoms with van der Waals surface area (Å²) in [5.74, 6) is 0.301. The number of hydrogen-bond donors (Lipinski definition) is 2. The standard InChI is InChI=1S/C12H19NO3/c1-15-12(16-2)9-13-8-7-10-3-5-11(14)6-4-10/h3-6,12-14H,7-9H2,1-2H3. The van der Waals surface area contributed by atoms with Crippen LogP contribution in [-0.2, 0) is 15.9 Å². The van der Waals surface area contributed by atoms with E-state index in [0.29, 0.717) is 12.3 Å². The van der Waals surface area contributed by atoms with Gasteiger partial charge in [0.15, 0.2) is 6.29 Å². The van der Waals surface area contributed by atoms with Crippen molar-refractivity contribution in [2.45, 2.75) is 12.7 Å². The summed E-state index contributed by atoms with van der Waals surface area (Å²) in [7, 11) is 3.24. The van der Waals surface area contributed by atoms with Crippen LogP contribution >= 0.6 is 0 Å². The number of methoxy groups -OCH3 is 2. The molecule has 0 bridgehead atoms. The highest BCUT2D eigenvalue weighted by molar-refractivity contribution is 5.25. The molecule has 0 aliphatic heterocycles. The molecule has 4 heteroatoms. The van der Waals surface area contributed by atoms with Gasteiger partial charge in [-0.1, -0.05) is 12.1 Å². The van der Waals surface area contributed by atoms with E-state index in [1.54, 1.807) is 26.4 Å². The van der Waals surface area contributed by atoms with Gasteiger partial charge >= 0.3 is 0 Å². The van der Waals surface area contributed by atoms with Crippen LogP contribution in [0.2, 0.25) is 0 Å². The molecule has 0 spiro atoms. The van der Waals surface area contributed by atoms with Gasteiger partial charge in [-0.2, -0.15) is 0 Å². The van der Waals surface area contributed by atoms with E-state index in [4.69, 9.17) is 14.6 Å². The average Bonchev–Trinajstić information content (AvgIpc) is 2.32. The number of ether oxygens (including phenoxy) is 2. The zero-order chi connectivity index (χ0) is 11.8. The summed E-state index contributed by atoms with van der Waals surface area (Å²) in [6.07, 6.45) is 0.722. The second-order valence-electron chi connectivity index (χ2n) is 3.52. The predicted molar refractivity (Wildman–Crippen MR) is 62.5 cm³/mol. The van der Waals surface area contributed by atoms with Crippen molar-refractivity contribution in [3.63, 3.8) is 0 Å². The molecule has 0 amide bonds. The lowest BCUT2D eigenvalue weighted by molar-refractivity contribution is -0.0986. The zero-order valence-corrected chi connectivity index (χ0v) is 9.77. The van der Waals surface area contributed by atoms with Crippen LogP contribution in [0.3, 0.4) is 0 Å². The molecule has 0 radical (unpaired) electrons. The molecule has 16 heavy (non-hydrogen) atoms. The third kappa shape index (κ3) is 4.61. The van der Waals surface area contributed by atoms with E-state index in [1.165, 1.54) is 5.56 Å². The first-order valence-corrected chi connectivity index (χ1v) is 5.30. The van der Waals surface area contributed by atoms with Crippen LogP contribution in [0.15, 0.2) is 24.3 Å². The maximum Gasteiger partial charge on any atom is 0.169 e. The van der Waals surface area contributed by atoms with Crippen molar-refractivity contribution < 1.29 is 14.6 Å². The van der Waals surface area contributed by atoms with Crippen molar-refractivity contribution in [3.8, 4) is 5.75 Å². The van der Waals surface area contributed by atoms with Crippen LogP contribution in [0.25, 0.3) is 0 Å². The number of rotatable bonds is 7. The molecule has 0 atom stereocenters. The van der Waals surface area contributed by atoms with Gasteiger partial charge in [-0.3, -0.25) is 0 Å². The van der Waals surface area contributed by atoms with Gasteiger partial charge in [-0.05, 0) is 30.7 Å². The largest absolute Gasteiger partial charge is 0.508 e. The maximum absolute atomic E-state index is 9.12. The molecule has 1 aromatic carbocycles. The van der Waals surface area contributed by atoms with Crippen LogP contribution in [-0.4, -0.2) is 38.7 Å². The molecule has 2 N–H and O–H groups in total. The average molecular weight is 225 g/mol. The molecule has 4 nitrogen and oxygen atoms in total. The minimum absolute atomic E-state index is 0.195. The summed E-state index contributed by atoms with van der Waals surface area (Å²) in [5.41, 5.74) is 1.19. The second kappa shape index (κ2) is 7.22. The lowest BCUT2D eigenvalue weighted by Gasteiger charge is -2.13. The van der Waals surface area contributed by atoms with Crippen molar-refractivity contribution in [2.24, 2.45) is 0 Å². The van der Waals surface area contributed by atoms with Gasteiger partial charge in [-0.15, -0.1) is 0 Å². The Kier molecular flexibility index (Phi) is 5.85. The highest BCUT2D eigenvalue weighted by Gasteiger charge is 2.02. The summed E-state index contributed by atoms with van der Waals surface area (Å²) >= 11 is 0. The van der Waals surface area contributed by atoms with E-state index in [2.05, 4.69) is 5.32 Å². The molecule has 0 fully saturated rings. The Labute approximate surface area is 96.2 Å². The van der Waals surface area contributed by atoms with Gasteiger partial charge in [0.05, 0.1) is 0 Å². The van der Waals surface area contributed by atoms with Gasteiger partial charge in [0.2, 0.25) is 0 Å². The Bertz CT molecular complexity index is 283. The highest BCUT2D eigenvalue weighted by atomic mass is 16.7. The van der Waals surface area contributed by atoms with Gasteiger partial charge in [0.25, 0.3) is 0 Å². The SMILES string of the molecule is COC(CNCCc1ccc(O)cc1)OC. The lowest BCUT2D eigenvalue weighted by Crippen LogP contribution is -2.31. The number of phenolic OH excluding ortho intramolecular Hbond substituents is 1. The smallest absolute Gasteiger partial charge is 0.169 e. The Morgan fingerprint density at radius 3 is 2.38 bits per heavy atom. The van der Waals surface area contributed by atoms with Crippen LogP contribution in [0.1, 0.15) is 5.56 Å². The molecular formula is C12H19NO3. The number of phenols is 1. The van der Waals surface area contributed by atoms with E-state index < -0.39 is 0 Å². The molecule has 0 saturated carbocycles. The topological polar surface area (TPSA) is 50.7 Å². The van der Waals surface area contributed by atoms with E-state index in [-0.39, 0.29) is 6.29 Å². The Hall–Kier alpha value is -1.10. The monoisotopic (exact) mass is 225 g/mol. The number of aromatic hydroxyl groups is 1. The zero-order valence-electron chi connectivity index (χ0n) is 9.77. The first kappa shape index (κ1) is 13.0. The lowest BCUT2D eigenvalue weighted by atomic mass is 10.1. The minimum Gasteiger partial charge on any atom is -0.508 e. The van der Waals surface area contributed by atoms with Crippen LogP contribution in [0.5, 0.6) is 5.75 Å². The third-order valence-electron chi connectivity index (χ3n) is 2.36. The third-order valence-corrected chi connectivity index (χ3v) is 2.36. The van der Waals surface area contributed by atoms with Crippen molar-refractivity contribution >= 4 is 0 Å². The number of nitrogens with one attached hydrogen (secondary N) is 1.